The first-order valence-corrected chi connectivity index (χ1v) is 11.6. The van der Waals surface area contributed by atoms with Gasteiger partial charge in [-0.05, 0) is 57.2 Å². The Morgan fingerprint density at radius 2 is 1.91 bits per heavy atom. The van der Waals surface area contributed by atoms with E-state index in [1.54, 1.807) is 11.8 Å². The summed E-state index contributed by atoms with van der Waals surface area (Å²) in [6.07, 6.45) is -4.18. The molecular weight excluding hydrogens is 441 g/mol. The molecule has 6 nitrogen and oxygen atoms in total. The van der Waals surface area contributed by atoms with Crippen molar-refractivity contribution in [2.45, 2.75) is 65.0 Å². The number of aryl methyl sites for hydroxylation is 2. The number of anilines is 1. The van der Waals surface area contributed by atoms with Crippen LogP contribution < -0.4 is 10.2 Å². The number of ether oxygens (including phenoxy) is 1. The molecule has 10 heteroatoms. The van der Waals surface area contributed by atoms with Gasteiger partial charge in [-0.1, -0.05) is 11.3 Å². The molecule has 1 saturated heterocycles. The van der Waals surface area contributed by atoms with Crippen LogP contribution in [0, 0.1) is 19.8 Å². The summed E-state index contributed by atoms with van der Waals surface area (Å²) in [5.41, 5.74) is 3.24. The number of hydrogen-bond acceptors (Lipinski definition) is 6. The number of nitrogens with zero attached hydrogens (tertiary/aromatic N) is 3. The van der Waals surface area contributed by atoms with Crippen molar-refractivity contribution in [3.8, 4) is 10.4 Å². The summed E-state index contributed by atoms with van der Waals surface area (Å²) in [6, 6.07) is 3.86. The second-order valence-electron chi connectivity index (χ2n) is 8.72. The van der Waals surface area contributed by atoms with E-state index in [9.17, 15) is 18.0 Å². The van der Waals surface area contributed by atoms with Crippen molar-refractivity contribution in [2.75, 3.05) is 18.0 Å². The topological polar surface area (TPSA) is 67.3 Å². The largest absolute Gasteiger partial charge is 0.416 e. The number of thiazole rings is 1. The lowest BCUT2D eigenvalue weighted by Gasteiger charge is -2.37. The van der Waals surface area contributed by atoms with Crippen LogP contribution in [0.5, 0.6) is 0 Å². The number of nitrogens with one attached hydrogen (secondary N) is 1. The zero-order valence-electron chi connectivity index (χ0n) is 18.3. The number of rotatable bonds is 6. The van der Waals surface area contributed by atoms with Crippen molar-refractivity contribution in [3.05, 3.63) is 29.2 Å². The van der Waals surface area contributed by atoms with Crippen molar-refractivity contribution in [3.63, 3.8) is 0 Å². The van der Waals surface area contributed by atoms with Crippen LogP contribution in [0.25, 0.3) is 10.4 Å². The Kier molecular flexibility index (Phi) is 6.44. The highest BCUT2D eigenvalue weighted by molar-refractivity contribution is 7.19. The average Bonchev–Trinajstić information content (AvgIpc) is 3.39. The summed E-state index contributed by atoms with van der Waals surface area (Å²) in [6.45, 7) is 5.68. The number of carbonyl (C=O) groups excluding carboxylic acids is 1. The van der Waals surface area contributed by atoms with Crippen molar-refractivity contribution in [2.24, 2.45) is 5.92 Å². The minimum atomic E-state index is -4.44. The van der Waals surface area contributed by atoms with E-state index in [0.717, 1.165) is 34.7 Å². The highest BCUT2D eigenvalue weighted by Crippen LogP contribution is 2.38. The molecule has 2 aromatic heterocycles. The maximum atomic E-state index is 13.3. The molecule has 174 valence electrons. The molecule has 4 rings (SSSR count). The van der Waals surface area contributed by atoms with Gasteiger partial charge in [0.15, 0.2) is 11.2 Å². The van der Waals surface area contributed by atoms with Gasteiger partial charge in [0.25, 0.3) is 0 Å². The van der Waals surface area contributed by atoms with Crippen LogP contribution in [0.3, 0.4) is 0 Å². The quantitative estimate of drug-likeness (QED) is 0.681. The Morgan fingerprint density at radius 1 is 1.22 bits per heavy atom. The minimum Gasteiger partial charge on any atom is -0.362 e. The molecule has 0 bridgehead atoms. The number of hydrogen-bond donors (Lipinski definition) is 1. The maximum Gasteiger partial charge on any atom is 0.416 e. The average molecular weight is 469 g/mol. The highest BCUT2D eigenvalue weighted by atomic mass is 32.1. The summed E-state index contributed by atoms with van der Waals surface area (Å²) in [5, 5.41) is 3.44. The number of carbonyl (C=O) groups is 1. The van der Waals surface area contributed by atoms with E-state index >= 15 is 0 Å². The molecule has 0 spiro atoms. The molecular formula is C22H27F3N4O2S. The molecule has 1 N–H and O–H groups in total. The van der Waals surface area contributed by atoms with Crippen molar-refractivity contribution < 1.29 is 22.7 Å². The number of aromatic nitrogens is 2. The van der Waals surface area contributed by atoms with Crippen LogP contribution in [-0.4, -0.2) is 47.3 Å². The Labute approximate surface area is 189 Å². The molecule has 2 atom stereocenters. The Bertz CT molecular complexity index is 970. The van der Waals surface area contributed by atoms with E-state index < -0.39 is 18.4 Å². The van der Waals surface area contributed by atoms with Crippen molar-refractivity contribution in [1.29, 1.82) is 0 Å². The standard InChI is InChI=1S/C22H27F3N4O2S/c1-12-6-16(7-13(2)27-12)20-17(9-26-19(30)8-15-4-5-15)28-21(32-20)29-10-14(3)31-18(11-29)22(23,24)25/h6-7,14-15,18H,4-5,8-11H2,1-3H3,(H,26,30)/t14-,18-/m1/s1. The Hall–Kier alpha value is -2.20. The third kappa shape index (κ3) is 5.58. The smallest absolute Gasteiger partial charge is 0.362 e. The lowest BCUT2D eigenvalue weighted by Crippen LogP contribution is -2.52. The predicted octanol–water partition coefficient (Wildman–Crippen LogP) is 4.39. The van der Waals surface area contributed by atoms with E-state index in [1.165, 1.54) is 11.3 Å². The fraction of sp³-hybridized carbons (Fsp3) is 0.591. The summed E-state index contributed by atoms with van der Waals surface area (Å²) in [5.74, 6) is 0.451. The summed E-state index contributed by atoms with van der Waals surface area (Å²) in [4.78, 5) is 23.8. The zero-order chi connectivity index (χ0) is 23.0. The third-order valence-electron chi connectivity index (χ3n) is 5.55. The highest BCUT2D eigenvalue weighted by Gasteiger charge is 2.45. The summed E-state index contributed by atoms with van der Waals surface area (Å²) >= 11 is 1.34. The second kappa shape index (κ2) is 8.97. The first-order valence-electron chi connectivity index (χ1n) is 10.8. The van der Waals surface area contributed by atoms with Crippen LogP contribution in [-0.2, 0) is 16.1 Å². The first kappa shape index (κ1) is 23.0. The van der Waals surface area contributed by atoms with Gasteiger partial charge in [-0.25, -0.2) is 4.98 Å². The zero-order valence-corrected chi connectivity index (χ0v) is 19.1. The fourth-order valence-corrected chi connectivity index (χ4v) is 5.00. The van der Waals surface area contributed by atoms with Gasteiger partial charge in [-0.15, -0.1) is 0 Å². The first-order chi connectivity index (χ1) is 15.1. The van der Waals surface area contributed by atoms with E-state index in [2.05, 4.69) is 15.3 Å². The van der Waals surface area contributed by atoms with Gasteiger partial charge in [-0.3, -0.25) is 9.78 Å². The minimum absolute atomic E-state index is 0.0211. The monoisotopic (exact) mass is 468 g/mol. The lowest BCUT2D eigenvalue weighted by atomic mass is 10.1. The molecule has 0 aromatic carbocycles. The number of morpholine rings is 1. The van der Waals surface area contributed by atoms with E-state index in [1.807, 2.05) is 26.0 Å². The fourth-order valence-electron chi connectivity index (χ4n) is 3.91. The van der Waals surface area contributed by atoms with Crippen LogP contribution >= 0.6 is 11.3 Å². The van der Waals surface area contributed by atoms with Gasteiger partial charge >= 0.3 is 6.18 Å². The number of amides is 1. The summed E-state index contributed by atoms with van der Waals surface area (Å²) in [7, 11) is 0. The van der Waals surface area contributed by atoms with Gasteiger partial charge in [0, 0.05) is 24.4 Å². The third-order valence-corrected chi connectivity index (χ3v) is 6.76. The summed E-state index contributed by atoms with van der Waals surface area (Å²) < 4.78 is 45.1. The van der Waals surface area contributed by atoms with Crippen molar-refractivity contribution in [1.82, 2.24) is 15.3 Å². The number of alkyl halides is 3. The molecule has 0 unspecified atom stereocenters. The van der Waals surface area contributed by atoms with E-state index in [-0.39, 0.29) is 19.0 Å². The molecule has 3 heterocycles. The van der Waals surface area contributed by atoms with E-state index in [4.69, 9.17) is 4.74 Å². The molecule has 1 amide bonds. The number of pyridine rings is 1. The van der Waals surface area contributed by atoms with Crippen LogP contribution in [0.4, 0.5) is 18.3 Å². The number of halogens is 3. The SMILES string of the molecule is Cc1cc(-c2sc(N3C[C@@H](C)O[C@@H](C(F)(F)F)C3)nc2CNC(=O)CC2CC2)cc(C)n1. The van der Waals surface area contributed by atoms with Gasteiger partial charge in [0.1, 0.15) is 0 Å². The molecule has 2 fully saturated rings. The molecule has 1 saturated carbocycles. The van der Waals surface area contributed by atoms with Crippen LogP contribution in [0.2, 0.25) is 0 Å². The molecule has 32 heavy (non-hydrogen) atoms. The second-order valence-corrected chi connectivity index (χ2v) is 9.69. The molecule has 1 aliphatic carbocycles. The van der Waals surface area contributed by atoms with Crippen LogP contribution in [0.1, 0.15) is 43.3 Å². The molecule has 2 aromatic rings. The molecule has 0 radical (unpaired) electrons. The molecule has 1 aliphatic heterocycles. The van der Waals surface area contributed by atoms with Gasteiger partial charge in [-0.2, -0.15) is 13.2 Å². The van der Waals surface area contributed by atoms with E-state index in [0.29, 0.717) is 29.7 Å². The lowest BCUT2D eigenvalue weighted by molar-refractivity contribution is -0.233. The normalized spacial score (nSPS) is 21.6. The van der Waals surface area contributed by atoms with Gasteiger partial charge in [0.2, 0.25) is 5.91 Å². The van der Waals surface area contributed by atoms with Gasteiger partial charge in [0.05, 0.1) is 29.8 Å². The van der Waals surface area contributed by atoms with Crippen molar-refractivity contribution >= 4 is 22.4 Å². The van der Waals surface area contributed by atoms with Gasteiger partial charge < -0.3 is 15.0 Å². The Morgan fingerprint density at radius 3 is 2.53 bits per heavy atom. The van der Waals surface area contributed by atoms with Crippen LogP contribution in [0.15, 0.2) is 12.1 Å². The maximum absolute atomic E-state index is 13.3. The molecule has 2 aliphatic rings. The Balaban J connectivity index is 1.62. The predicted molar refractivity (Wildman–Crippen MR) is 117 cm³/mol.